The number of pyridine rings is 1. The maximum Gasteiger partial charge on any atom is 0.276 e. The first-order chi connectivity index (χ1) is 14.2. The second-order valence-electron chi connectivity index (χ2n) is 7.10. The normalized spacial score (nSPS) is 20.1. The quantitative estimate of drug-likeness (QED) is 0.770. The molecule has 1 fully saturated rings. The van der Waals surface area contributed by atoms with Crippen LogP contribution < -0.4 is 10.7 Å². The van der Waals surface area contributed by atoms with E-state index in [4.69, 9.17) is 4.74 Å². The molecule has 1 saturated heterocycles. The average Bonchev–Trinajstić information content (AvgIpc) is 3.04. The molecule has 1 aromatic carbocycles. The van der Waals surface area contributed by atoms with Gasteiger partial charge in [0.05, 0.1) is 19.2 Å². The molecule has 0 spiro atoms. The van der Waals surface area contributed by atoms with E-state index in [9.17, 15) is 32.7 Å². The van der Waals surface area contributed by atoms with Gasteiger partial charge in [0.2, 0.25) is 5.43 Å². The fourth-order valence-electron chi connectivity index (χ4n) is 3.64. The summed E-state index contributed by atoms with van der Waals surface area (Å²) >= 11 is 0. The second kappa shape index (κ2) is 7.17. The highest BCUT2D eigenvalue weighted by molar-refractivity contribution is 5.99. The Kier molecular flexibility index (Phi) is 4.77. The average molecular weight is 423 g/mol. The molecule has 8 nitrogen and oxygen atoms in total. The van der Waals surface area contributed by atoms with Gasteiger partial charge in [-0.05, 0) is 6.92 Å². The molecule has 158 valence electrons. The van der Waals surface area contributed by atoms with Gasteiger partial charge in [0.15, 0.2) is 17.7 Å². The van der Waals surface area contributed by atoms with Crippen LogP contribution in [0.5, 0.6) is 5.75 Å². The number of aromatic hydroxyl groups is 1. The Balaban J connectivity index is 1.63. The molecule has 1 unspecified atom stereocenters. The maximum atomic E-state index is 13.7. The first-order valence-corrected chi connectivity index (χ1v) is 9.01. The molecule has 0 saturated carbocycles. The van der Waals surface area contributed by atoms with E-state index in [-0.39, 0.29) is 24.9 Å². The number of hydrogen-bond acceptors (Lipinski definition) is 5. The van der Waals surface area contributed by atoms with Crippen molar-refractivity contribution in [2.45, 2.75) is 32.3 Å². The monoisotopic (exact) mass is 423 g/mol. The predicted molar refractivity (Wildman–Crippen MR) is 95.2 cm³/mol. The number of halogens is 3. The third-order valence-electron chi connectivity index (χ3n) is 5.14. The van der Waals surface area contributed by atoms with Gasteiger partial charge in [-0.1, -0.05) is 0 Å². The molecule has 2 aromatic rings. The van der Waals surface area contributed by atoms with Crippen molar-refractivity contribution in [1.82, 2.24) is 14.8 Å². The van der Waals surface area contributed by atoms with E-state index in [2.05, 4.69) is 5.32 Å². The molecule has 4 rings (SSSR count). The van der Waals surface area contributed by atoms with Crippen molar-refractivity contribution >= 4 is 11.8 Å². The Morgan fingerprint density at radius 2 is 1.93 bits per heavy atom. The summed E-state index contributed by atoms with van der Waals surface area (Å²) in [6.45, 7) is 1.48. The van der Waals surface area contributed by atoms with Gasteiger partial charge in [-0.25, -0.2) is 13.2 Å². The summed E-state index contributed by atoms with van der Waals surface area (Å²) in [6, 6.07) is 0.683. The lowest BCUT2D eigenvalue weighted by molar-refractivity contribution is 0.00624. The van der Waals surface area contributed by atoms with Gasteiger partial charge < -0.3 is 24.6 Å². The van der Waals surface area contributed by atoms with Crippen molar-refractivity contribution in [2.75, 3.05) is 6.61 Å². The Labute approximate surface area is 167 Å². The van der Waals surface area contributed by atoms with Crippen molar-refractivity contribution in [2.24, 2.45) is 0 Å². The number of hydrogen-bond donors (Lipinski definition) is 2. The molecule has 3 heterocycles. The lowest BCUT2D eigenvalue weighted by Gasteiger charge is -2.33. The minimum absolute atomic E-state index is 0.0841. The zero-order chi connectivity index (χ0) is 21.7. The first-order valence-electron chi connectivity index (χ1n) is 9.01. The highest BCUT2D eigenvalue weighted by Gasteiger charge is 2.42. The lowest BCUT2D eigenvalue weighted by atomic mass is 10.1. The van der Waals surface area contributed by atoms with E-state index < -0.39 is 64.3 Å². The Morgan fingerprint density at radius 1 is 1.27 bits per heavy atom. The third-order valence-corrected chi connectivity index (χ3v) is 5.14. The van der Waals surface area contributed by atoms with Crippen LogP contribution in [0.1, 0.15) is 33.3 Å². The van der Waals surface area contributed by atoms with Gasteiger partial charge in [0, 0.05) is 30.4 Å². The molecule has 0 aliphatic carbocycles. The van der Waals surface area contributed by atoms with Gasteiger partial charge in [-0.3, -0.25) is 14.4 Å². The summed E-state index contributed by atoms with van der Waals surface area (Å²) in [5.41, 5.74) is -2.48. The summed E-state index contributed by atoms with van der Waals surface area (Å²) in [7, 11) is 0. The van der Waals surface area contributed by atoms with Gasteiger partial charge in [-0.2, -0.15) is 0 Å². The van der Waals surface area contributed by atoms with Crippen LogP contribution in [-0.4, -0.2) is 45.3 Å². The highest BCUT2D eigenvalue weighted by atomic mass is 19.1. The van der Waals surface area contributed by atoms with Crippen LogP contribution in [0.15, 0.2) is 23.1 Å². The number of nitrogens with zero attached hydrogens (tertiary/aromatic N) is 2. The van der Waals surface area contributed by atoms with E-state index >= 15 is 0 Å². The van der Waals surface area contributed by atoms with Gasteiger partial charge in [0.25, 0.3) is 11.8 Å². The Hall–Kier alpha value is -3.34. The molecule has 1 aromatic heterocycles. The van der Waals surface area contributed by atoms with Crippen LogP contribution in [-0.2, 0) is 17.8 Å². The van der Waals surface area contributed by atoms with E-state index in [0.717, 1.165) is 6.20 Å². The predicted octanol–water partition coefficient (Wildman–Crippen LogP) is 1.10. The van der Waals surface area contributed by atoms with Crippen molar-refractivity contribution in [3.05, 3.63) is 62.8 Å². The number of benzene rings is 1. The number of carbonyl (C=O) groups is 2. The molecule has 0 radical (unpaired) electrons. The summed E-state index contributed by atoms with van der Waals surface area (Å²) in [4.78, 5) is 39.0. The molecular weight excluding hydrogens is 407 g/mol. The molecule has 0 bridgehead atoms. The standard InChI is InChI=1S/C19H16F3N3O5/c1-8-7-30-14-6-24-5-11(16(26)17(27)15(24)19(29)25(8)14)18(28)23-4-10-12(21)2-9(20)3-13(10)22/h2-3,5,8,14,27H,4,6-7H2,1H3,(H,23,28)/t8-,14?/m1/s1. The van der Waals surface area contributed by atoms with Crippen LogP contribution in [0.25, 0.3) is 0 Å². The van der Waals surface area contributed by atoms with Crippen LogP contribution in [0.4, 0.5) is 13.2 Å². The number of nitrogens with one attached hydrogen (secondary N) is 1. The fraction of sp³-hybridized carbons (Fsp3) is 0.316. The molecule has 2 amide bonds. The van der Waals surface area contributed by atoms with Gasteiger partial charge in [0.1, 0.15) is 23.0 Å². The lowest BCUT2D eigenvalue weighted by Crippen LogP contribution is -2.49. The van der Waals surface area contributed by atoms with Crippen LogP contribution in [0.2, 0.25) is 0 Å². The first kappa shape index (κ1) is 20.0. The molecule has 2 N–H and O–H groups in total. The molecule has 2 aliphatic rings. The fourth-order valence-corrected chi connectivity index (χ4v) is 3.64. The summed E-state index contributed by atoms with van der Waals surface area (Å²) in [5, 5.41) is 12.5. The molecule has 2 atom stereocenters. The minimum Gasteiger partial charge on any atom is -0.503 e. The van der Waals surface area contributed by atoms with E-state index in [1.54, 1.807) is 6.92 Å². The van der Waals surface area contributed by atoms with Gasteiger partial charge in [-0.15, -0.1) is 0 Å². The molecular formula is C19H16F3N3O5. The second-order valence-corrected chi connectivity index (χ2v) is 7.10. The number of amides is 2. The topological polar surface area (TPSA) is 101 Å². The third kappa shape index (κ3) is 3.11. The number of ether oxygens (including phenoxy) is 1. The van der Waals surface area contributed by atoms with Crippen molar-refractivity contribution in [3.8, 4) is 5.75 Å². The number of rotatable bonds is 3. The maximum absolute atomic E-state index is 13.7. The molecule has 2 aliphatic heterocycles. The van der Waals surface area contributed by atoms with Crippen molar-refractivity contribution in [3.63, 3.8) is 0 Å². The summed E-state index contributed by atoms with van der Waals surface area (Å²) in [6.07, 6.45) is 0.478. The van der Waals surface area contributed by atoms with E-state index in [1.165, 1.54) is 9.47 Å². The minimum atomic E-state index is -1.20. The SMILES string of the molecule is C[C@@H]1COC2Cn3cc(C(=O)NCc4c(F)cc(F)cc4F)c(=O)c(O)c3C(=O)N21. The highest BCUT2D eigenvalue weighted by Crippen LogP contribution is 2.29. The van der Waals surface area contributed by atoms with Crippen LogP contribution in [0.3, 0.4) is 0 Å². The van der Waals surface area contributed by atoms with Crippen LogP contribution in [0, 0.1) is 17.5 Å². The van der Waals surface area contributed by atoms with Gasteiger partial charge >= 0.3 is 0 Å². The Morgan fingerprint density at radius 3 is 2.60 bits per heavy atom. The number of fused-ring (bicyclic) bond motifs is 2. The van der Waals surface area contributed by atoms with Crippen LogP contribution >= 0.6 is 0 Å². The van der Waals surface area contributed by atoms with E-state index in [0.29, 0.717) is 12.1 Å². The number of carbonyl (C=O) groups excluding carboxylic acids is 2. The summed E-state index contributed by atoms with van der Waals surface area (Å²) < 4.78 is 47.2. The summed E-state index contributed by atoms with van der Waals surface area (Å²) in [5.74, 6) is -6.03. The molecule has 11 heteroatoms. The Bertz CT molecular complexity index is 1110. The van der Waals surface area contributed by atoms with Crippen molar-refractivity contribution < 1.29 is 32.6 Å². The smallest absolute Gasteiger partial charge is 0.276 e. The largest absolute Gasteiger partial charge is 0.503 e. The van der Waals surface area contributed by atoms with E-state index in [1.807, 2.05) is 0 Å². The molecule has 30 heavy (non-hydrogen) atoms. The zero-order valence-electron chi connectivity index (χ0n) is 15.6. The zero-order valence-corrected chi connectivity index (χ0v) is 15.6. The number of aromatic nitrogens is 1. The van der Waals surface area contributed by atoms with Crippen molar-refractivity contribution in [1.29, 1.82) is 0 Å².